The smallest absolute Gasteiger partial charge is 0.270 e. The van der Waals surface area contributed by atoms with Crippen molar-refractivity contribution in [2.45, 2.75) is 0 Å². The second-order valence-electron chi connectivity index (χ2n) is 2.76. The van der Waals surface area contributed by atoms with Gasteiger partial charge in [-0.25, -0.2) is 0 Å². The van der Waals surface area contributed by atoms with Gasteiger partial charge in [0.2, 0.25) is 0 Å². The number of nitriles is 1. The summed E-state index contributed by atoms with van der Waals surface area (Å²) in [5, 5.41) is 21.1. The van der Waals surface area contributed by atoms with Crippen molar-refractivity contribution in [1.29, 1.82) is 5.26 Å². The molecule has 0 bridgehead atoms. The van der Waals surface area contributed by atoms with Gasteiger partial charge in [-0.1, -0.05) is 11.6 Å². The standard InChI is InChI=1S/C9H6ClN3O3/c10-8-2-1-6(13(15)16)5-7(8)9(14)12-4-3-11/h1-2,5H,4H2,(H,12,14). The van der Waals surface area contributed by atoms with Crippen LogP contribution >= 0.6 is 11.6 Å². The fourth-order valence-corrected chi connectivity index (χ4v) is 1.22. The number of hydrogen-bond acceptors (Lipinski definition) is 4. The number of benzene rings is 1. The van der Waals surface area contributed by atoms with E-state index in [-0.39, 0.29) is 22.8 Å². The van der Waals surface area contributed by atoms with Gasteiger partial charge in [-0.05, 0) is 6.07 Å². The summed E-state index contributed by atoms with van der Waals surface area (Å²) in [6.07, 6.45) is 0. The summed E-state index contributed by atoms with van der Waals surface area (Å²) in [4.78, 5) is 21.3. The lowest BCUT2D eigenvalue weighted by atomic mass is 10.2. The van der Waals surface area contributed by atoms with Crippen molar-refractivity contribution in [3.63, 3.8) is 0 Å². The summed E-state index contributed by atoms with van der Waals surface area (Å²) < 4.78 is 0. The van der Waals surface area contributed by atoms with Gasteiger partial charge in [0.1, 0.15) is 6.54 Å². The minimum absolute atomic E-state index is 0.0221. The molecule has 0 aliphatic rings. The van der Waals surface area contributed by atoms with Gasteiger partial charge in [0.15, 0.2) is 0 Å². The first-order valence-electron chi connectivity index (χ1n) is 4.15. The summed E-state index contributed by atoms with van der Waals surface area (Å²) >= 11 is 5.71. The van der Waals surface area contributed by atoms with Crippen LogP contribution in [0.1, 0.15) is 10.4 Å². The molecule has 0 spiro atoms. The van der Waals surface area contributed by atoms with E-state index in [9.17, 15) is 14.9 Å². The molecule has 0 fully saturated rings. The number of rotatable bonds is 3. The molecule has 1 amide bonds. The van der Waals surface area contributed by atoms with Gasteiger partial charge in [0.05, 0.1) is 21.6 Å². The molecule has 16 heavy (non-hydrogen) atoms. The fourth-order valence-electron chi connectivity index (χ4n) is 1.02. The zero-order valence-electron chi connectivity index (χ0n) is 7.94. The van der Waals surface area contributed by atoms with Crippen LogP contribution < -0.4 is 5.32 Å². The Morgan fingerprint density at radius 3 is 2.88 bits per heavy atom. The molecule has 0 atom stereocenters. The van der Waals surface area contributed by atoms with E-state index >= 15 is 0 Å². The van der Waals surface area contributed by atoms with Crippen LogP contribution in [0.5, 0.6) is 0 Å². The molecule has 0 heterocycles. The molecule has 0 aliphatic heterocycles. The van der Waals surface area contributed by atoms with Crippen LogP contribution in [0.25, 0.3) is 0 Å². The Kier molecular flexibility index (Phi) is 3.80. The van der Waals surface area contributed by atoms with E-state index < -0.39 is 10.8 Å². The molecule has 7 heteroatoms. The Labute approximate surface area is 95.6 Å². The van der Waals surface area contributed by atoms with Crippen LogP contribution in [-0.2, 0) is 0 Å². The van der Waals surface area contributed by atoms with Crippen molar-refractivity contribution < 1.29 is 9.72 Å². The molecular weight excluding hydrogens is 234 g/mol. The lowest BCUT2D eigenvalue weighted by molar-refractivity contribution is -0.384. The van der Waals surface area contributed by atoms with Crippen LogP contribution in [0.4, 0.5) is 5.69 Å². The van der Waals surface area contributed by atoms with E-state index in [1.54, 1.807) is 6.07 Å². The van der Waals surface area contributed by atoms with Crippen molar-refractivity contribution in [2.24, 2.45) is 0 Å². The maximum atomic E-state index is 11.4. The predicted octanol–water partition coefficient (Wildman–Crippen LogP) is 1.50. The number of hydrogen-bond donors (Lipinski definition) is 1. The summed E-state index contributed by atoms with van der Waals surface area (Å²) in [6.45, 7) is -0.183. The van der Waals surface area contributed by atoms with E-state index in [2.05, 4.69) is 5.32 Å². The van der Waals surface area contributed by atoms with Crippen molar-refractivity contribution in [3.05, 3.63) is 38.9 Å². The van der Waals surface area contributed by atoms with E-state index in [0.29, 0.717) is 0 Å². The first kappa shape index (κ1) is 11.9. The predicted molar refractivity (Wildman–Crippen MR) is 56.1 cm³/mol. The molecule has 1 rings (SSSR count). The summed E-state index contributed by atoms with van der Waals surface area (Å²) in [5.74, 6) is -0.616. The number of nitrogens with zero attached hydrogens (tertiary/aromatic N) is 2. The van der Waals surface area contributed by atoms with Gasteiger partial charge in [-0.2, -0.15) is 5.26 Å². The average molecular weight is 240 g/mol. The quantitative estimate of drug-likeness (QED) is 0.491. The minimum atomic E-state index is -0.628. The minimum Gasteiger partial charge on any atom is -0.339 e. The van der Waals surface area contributed by atoms with Gasteiger partial charge in [0, 0.05) is 12.1 Å². The third-order valence-electron chi connectivity index (χ3n) is 1.73. The molecule has 82 valence electrons. The topological polar surface area (TPSA) is 96.0 Å². The Bertz CT molecular complexity index is 481. The van der Waals surface area contributed by atoms with E-state index in [1.807, 2.05) is 0 Å². The number of nitrogens with one attached hydrogen (secondary N) is 1. The monoisotopic (exact) mass is 239 g/mol. The maximum Gasteiger partial charge on any atom is 0.270 e. The molecule has 0 unspecified atom stereocenters. The number of halogens is 1. The van der Waals surface area contributed by atoms with Crippen LogP contribution in [0.2, 0.25) is 5.02 Å². The van der Waals surface area contributed by atoms with Crippen molar-refractivity contribution >= 4 is 23.2 Å². The van der Waals surface area contributed by atoms with E-state index in [0.717, 1.165) is 6.07 Å². The Hall–Kier alpha value is -2.13. The van der Waals surface area contributed by atoms with Gasteiger partial charge < -0.3 is 5.32 Å². The van der Waals surface area contributed by atoms with Crippen LogP contribution in [0, 0.1) is 21.4 Å². The molecule has 0 saturated heterocycles. The van der Waals surface area contributed by atoms with Crippen LogP contribution in [0.3, 0.4) is 0 Å². The lowest BCUT2D eigenvalue weighted by Crippen LogP contribution is -2.23. The third-order valence-corrected chi connectivity index (χ3v) is 2.06. The zero-order valence-corrected chi connectivity index (χ0v) is 8.69. The fraction of sp³-hybridized carbons (Fsp3) is 0.111. The number of carbonyl (C=O) groups is 1. The molecule has 1 aromatic rings. The van der Waals surface area contributed by atoms with Gasteiger partial charge in [-0.3, -0.25) is 14.9 Å². The van der Waals surface area contributed by atoms with E-state index in [1.165, 1.54) is 12.1 Å². The number of nitro benzene ring substituents is 1. The summed E-state index contributed by atoms with van der Waals surface area (Å²) in [6, 6.07) is 5.24. The Balaban J connectivity index is 3.03. The maximum absolute atomic E-state index is 11.4. The second-order valence-corrected chi connectivity index (χ2v) is 3.17. The van der Waals surface area contributed by atoms with Crippen LogP contribution in [0.15, 0.2) is 18.2 Å². The molecule has 0 radical (unpaired) electrons. The highest BCUT2D eigenvalue weighted by Crippen LogP contribution is 2.21. The van der Waals surface area contributed by atoms with Gasteiger partial charge in [0.25, 0.3) is 11.6 Å². The Morgan fingerprint density at radius 1 is 1.62 bits per heavy atom. The highest BCUT2D eigenvalue weighted by atomic mass is 35.5. The third kappa shape index (κ3) is 2.68. The largest absolute Gasteiger partial charge is 0.339 e. The first-order chi connectivity index (χ1) is 7.56. The molecule has 6 nitrogen and oxygen atoms in total. The van der Waals surface area contributed by atoms with Crippen molar-refractivity contribution in [1.82, 2.24) is 5.32 Å². The molecule has 0 aliphatic carbocycles. The normalized spacial score (nSPS) is 9.25. The summed E-state index contributed by atoms with van der Waals surface area (Å²) in [7, 11) is 0. The molecule has 1 aromatic carbocycles. The van der Waals surface area contributed by atoms with E-state index in [4.69, 9.17) is 16.9 Å². The van der Waals surface area contributed by atoms with Crippen molar-refractivity contribution in [3.8, 4) is 6.07 Å². The highest BCUT2D eigenvalue weighted by molar-refractivity contribution is 6.33. The number of nitro groups is 1. The second kappa shape index (κ2) is 5.09. The lowest BCUT2D eigenvalue weighted by Gasteiger charge is -2.03. The van der Waals surface area contributed by atoms with Gasteiger partial charge >= 0.3 is 0 Å². The number of carbonyl (C=O) groups excluding carboxylic acids is 1. The SMILES string of the molecule is N#CCNC(=O)c1cc([N+](=O)[O-])ccc1Cl. The number of non-ortho nitro benzene ring substituents is 1. The van der Waals surface area contributed by atoms with Crippen molar-refractivity contribution in [2.75, 3.05) is 6.54 Å². The summed E-state index contributed by atoms with van der Waals surface area (Å²) in [5.41, 5.74) is -0.252. The molecule has 1 N–H and O–H groups in total. The average Bonchev–Trinajstić information content (AvgIpc) is 2.26. The zero-order chi connectivity index (χ0) is 12.1. The number of amides is 1. The highest BCUT2D eigenvalue weighted by Gasteiger charge is 2.15. The molecule has 0 saturated carbocycles. The first-order valence-corrected chi connectivity index (χ1v) is 4.53. The van der Waals surface area contributed by atoms with Gasteiger partial charge in [-0.15, -0.1) is 0 Å². The van der Waals surface area contributed by atoms with Crippen LogP contribution in [-0.4, -0.2) is 17.4 Å². The Morgan fingerprint density at radius 2 is 2.31 bits per heavy atom. The molecular formula is C9H6ClN3O3. The molecule has 0 aromatic heterocycles.